The Balaban J connectivity index is 2.03. The smallest absolute Gasteiger partial charge is 0.222 e. The van der Waals surface area contributed by atoms with Gasteiger partial charge in [-0.15, -0.1) is 11.3 Å². The molecule has 7 heteroatoms. The lowest BCUT2D eigenvalue weighted by atomic mass is 10.1. The summed E-state index contributed by atoms with van der Waals surface area (Å²) < 4.78 is 0. The maximum atomic E-state index is 12.4. The van der Waals surface area contributed by atoms with Crippen LogP contribution in [-0.2, 0) is 9.59 Å². The molecule has 1 heterocycles. The minimum atomic E-state index is -0.338. The van der Waals surface area contributed by atoms with Crippen molar-refractivity contribution in [3.63, 3.8) is 0 Å². The average molecular weight is 385 g/mol. The van der Waals surface area contributed by atoms with Gasteiger partial charge in [-0.2, -0.15) is 0 Å². The molecular weight excluding hydrogens is 367 g/mol. The van der Waals surface area contributed by atoms with E-state index in [2.05, 4.69) is 10.6 Å². The van der Waals surface area contributed by atoms with Crippen LogP contribution in [0.5, 0.6) is 0 Å². The third kappa shape index (κ3) is 5.23. The van der Waals surface area contributed by atoms with Crippen LogP contribution in [0, 0.1) is 0 Å². The summed E-state index contributed by atoms with van der Waals surface area (Å²) in [5, 5.41) is 8.69. The Hall–Kier alpha value is -1.56. The molecule has 0 fully saturated rings. The van der Waals surface area contributed by atoms with Crippen LogP contribution in [0.4, 0.5) is 0 Å². The molecule has 2 N–H and O–H groups in total. The number of halogens is 2. The third-order valence-electron chi connectivity index (χ3n) is 3.46. The lowest BCUT2D eigenvalue weighted by Crippen LogP contribution is -2.33. The van der Waals surface area contributed by atoms with Crippen molar-refractivity contribution in [2.45, 2.75) is 32.4 Å². The van der Waals surface area contributed by atoms with Gasteiger partial charge in [-0.25, -0.2) is 0 Å². The van der Waals surface area contributed by atoms with Crippen molar-refractivity contribution < 1.29 is 9.59 Å². The zero-order valence-corrected chi connectivity index (χ0v) is 15.6. The highest BCUT2D eigenvalue weighted by Crippen LogP contribution is 2.27. The van der Waals surface area contributed by atoms with Crippen LogP contribution in [0.1, 0.15) is 42.8 Å². The van der Waals surface area contributed by atoms with E-state index in [-0.39, 0.29) is 30.3 Å². The van der Waals surface area contributed by atoms with E-state index in [1.807, 2.05) is 24.4 Å². The number of carbonyl (C=O) groups excluding carboxylic acids is 2. The first-order valence-electron chi connectivity index (χ1n) is 7.41. The molecule has 2 rings (SSSR count). The molecule has 0 unspecified atom stereocenters. The quantitative estimate of drug-likeness (QED) is 0.769. The fourth-order valence-electron chi connectivity index (χ4n) is 2.37. The molecule has 0 radical (unpaired) electrons. The summed E-state index contributed by atoms with van der Waals surface area (Å²) >= 11 is 13.6. The van der Waals surface area contributed by atoms with Crippen LogP contribution in [0.2, 0.25) is 10.0 Å². The number of hydrogen-bond acceptors (Lipinski definition) is 3. The van der Waals surface area contributed by atoms with Gasteiger partial charge in [0.2, 0.25) is 11.8 Å². The zero-order valence-electron chi connectivity index (χ0n) is 13.3. The van der Waals surface area contributed by atoms with Crippen LogP contribution in [0.15, 0.2) is 35.7 Å². The SMILES string of the molecule is CC(=O)N[C@@H](CC(=O)N[C@@H](C)c1ccc(Cl)cc1Cl)c1cccs1. The van der Waals surface area contributed by atoms with Crippen LogP contribution in [0.3, 0.4) is 0 Å². The topological polar surface area (TPSA) is 58.2 Å². The molecule has 2 aromatic rings. The molecular formula is C17H18Cl2N2O2S. The maximum absolute atomic E-state index is 12.4. The van der Waals surface area contributed by atoms with E-state index >= 15 is 0 Å². The third-order valence-corrected chi connectivity index (χ3v) is 5.01. The van der Waals surface area contributed by atoms with Crippen molar-refractivity contribution >= 4 is 46.4 Å². The molecule has 1 aromatic heterocycles. The molecule has 0 aliphatic carbocycles. The highest BCUT2D eigenvalue weighted by atomic mass is 35.5. The molecule has 0 saturated heterocycles. The van der Waals surface area contributed by atoms with Gasteiger partial charge in [-0.1, -0.05) is 35.3 Å². The largest absolute Gasteiger partial charge is 0.349 e. The molecule has 0 aliphatic heterocycles. The number of nitrogens with one attached hydrogen (secondary N) is 2. The van der Waals surface area contributed by atoms with Crippen LogP contribution in [-0.4, -0.2) is 11.8 Å². The van der Waals surface area contributed by atoms with Crippen molar-refractivity contribution in [2.24, 2.45) is 0 Å². The van der Waals surface area contributed by atoms with E-state index < -0.39 is 0 Å². The van der Waals surface area contributed by atoms with Gasteiger partial charge in [0.15, 0.2) is 0 Å². The number of benzene rings is 1. The van der Waals surface area contributed by atoms with E-state index in [1.54, 1.807) is 18.2 Å². The second-order valence-electron chi connectivity index (χ2n) is 5.43. The van der Waals surface area contributed by atoms with Gasteiger partial charge in [-0.05, 0) is 36.1 Å². The Kier molecular flexibility index (Phi) is 6.66. The number of amides is 2. The number of carbonyl (C=O) groups is 2. The monoisotopic (exact) mass is 384 g/mol. The molecule has 0 bridgehead atoms. The Labute approximate surface area is 155 Å². The lowest BCUT2D eigenvalue weighted by Gasteiger charge is -2.19. The summed E-state index contributed by atoms with van der Waals surface area (Å²) in [6, 6.07) is 8.37. The average Bonchev–Trinajstić information content (AvgIpc) is 2.99. The fourth-order valence-corrected chi connectivity index (χ4v) is 3.72. The molecule has 0 aliphatic rings. The van der Waals surface area contributed by atoms with Gasteiger partial charge < -0.3 is 10.6 Å². The molecule has 128 valence electrons. The standard InChI is InChI=1S/C17H18Cl2N2O2S/c1-10(13-6-5-12(18)8-14(13)19)20-17(23)9-15(21-11(2)22)16-4-3-7-24-16/h3-8,10,15H,9H2,1-2H3,(H,20,23)(H,21,22)/t10-,15-/m0/s1. The van der Waals surface area contributed by atoms with Crippen molar-refractivity contribution in [3.8, 4) is 0 Å². The first-order chi connectivity index (χ1) is 11.4. The summed E-state index contributed by atoms with van der Waals surface area (Å²) in [6.45, 7) is 3.29. The Bertz CT molecular complexity index is 719. The van der Waals surface area contributed by atoms with Crippen LogP contribution < -0.4 is 10.6 Å². The van der Waals surface area contributed by atoms with Gasteiger partial charge in [0, 0.05) is 21.8 Å². The van der Waals surface area contributed by atoms with Crippen LogP contribution in [0.25, 0.3) is 0 Å². The molecule has 24 heavy (non-hydrogen) atoms. The highest BCUT2D eigenvalue weighted by molar-refractivity contribution is 7.10. The Morgan fingerprint density at radius 3 is 2.54 bits per heavy atom. The predicted octanol–water partition coefficient (Wildman–Crippen LogP) is 4.50. The van der Waals surface area contributed by atoms with Crippen molar-refractivity contribution in [1.82, 2.24) is 10.6 Å². The van der Waals surface area contributed by atoms with E-state index in [4.69, 9.17) is 23.2 Å². The van der Waals surface area contributed by atoms with Gasteiger partial charge in [0.1, 0.15) is 0 Å². The van der Waals surface area contributed by atoms with Gasteiger partial charge in [0.25, 0.3) is 0 Å². The fraction of sp³-hybridized carbons (Fsp3) is 0.294. The molecule has 2 atom stereocenters. The minimum absolute atomic E-state index is 0.162. The van der Waals surface area contributed by atoms with Gasteiger partial charge >= 0.3 is 0 Å². The molecule has 1 aromatic carbocycles. The zero-order chi connectivity index (χ0) is 17.7. The van der Waals surface area contributed by atoms with E-state index in [1.165, 1.54) is 18.3 Å². The molecule has 0 spiro atoms. The minimum Gasteiger partial charge on any atom is -0.349 e. The number of rotatable bonds is 6. The van der Waals surface area contributed by atoms with Crippen molar-refractivity contribution in [2.75, 3.05) is 0 Å². The molecule has 4 nitrogen and oxygen atoms in total. The predicted molar refractivity (Wildman–Crippen MR) is 98.5 cm³/mol. The summed E-state index contributed by atoms with van der Waals surface area (Å²) in [4.78, 5) is 24.7. The van der Waals surface area contributed by atoms with Crippen molar-refractivity contribution in [1.29, 1.82) is 0 Å². The van der Waals surface area contributed by atoms with Crippen LogP contribution >= 0.6 is 34.5 Å². The second kappa shape index (κ2) is 8.51. The Morgan fingerprint density at radius 2 is 1.96 bits per heavy atom. The maximum Gasteiger partial charge on any atom is 0.222 e. The number of hydrogen-bond donors (Lipinski definition) is 2. The second-order valence-corrected chi connectivity index (χ2v) is 7.25. The Morgan fingerprint density at radius 1 is 1.21 bits per heavy atom. The van der Waals surface area contributed by atoms with Gasteiger partial charge in [-0.3, -0.25) is 9.59 Å². The van der Waals surface area contributed by atoms with E-state index in [0.717, 1.165) is 10.4 Å². The molecule has 0 saturated carbocycles. The highest BCUT2D eigenvalue weighted by Gasteiger charge is 2.20. The number of thiophene rings is 1. The molecule has 2 amide bonds. The first kappa shape index (κ1) is 18.8. The summed E-state index contributed by atoms with van der Waals surface area (Å²) in [5.74, 6) is -0.337. The first-order valence-corrected chi connectivity index (χ1v) is 9.05. The van der Waals surface area contributed by atoms with Gasteiger partial charge in [0.05, 0.1) is 18.5 Å². The summed E-state index contributed by atoms with van der Waals surface area (Å²) in [6.07, 6.45) is 0.162. The van der Waals surface area contributed by atoms with E-state index in [0.29, 0.717) is 10.0 Å². The van der Waals surface area contributed by atoms with Crippen molar-refractivity contribution in [3.05, 3.63) is 56.2 Å². The lowest BCUT2D eigenvalue weighted by molar-refractivity contribution is -0.123. The van der Waals surface area contributed by atoms with E-state index in [9.17, 15) is 9.59 Å². The summed E-state index contributed by atoms with van der Waals surface area (Å²) in [5.41, 5.74) is 0.793. The summed E-state index contributed by atoms with van der Waals surface area (Å²) in [7, 11) is 0. The normalized spacial score (nSPS) is 13.2.